The van der Waals surface area contributed by atoms with E-state index in [9.17, 15) is 13.2 Å². The highest BCUT2D eigenvalue weighted by Gasteiger charge is 2.23. The molecule has 0 atom stereocenters. The van der Waals surface area contributed by atoms with Gasteiger partial charge in [0.05, 0.1) is 11.9 Å². The normalized spacial score (nSPS) is 15.1. The third kappa shape index (κ3) is 4.32. The number of hydrogen-bond acceptors (Lipinski definition) is 5. The Bertz CT molecular complexity index is 1020. The second-order valence-electron chi connectivity index (χ2n) is 7.31. The summed E-state index contributed by atoms with van der Waals surface area (Å²) >= 11 is 0. The standard InChI is InChI=1S/C21H24N2O5S/c1-29(25,26)23(18-8-9-19-20(13-18)28-15-27-19)11-4-7-21(24)22-12-10-16-5-2-3-6-17(16)14-22/h2-3,5-6,8-9,13H,4,7,10-12,14-15H2,1H3. The van der Waals surface area contributed by atoms with Gasteiger partial charge >= 0.3 is 0 Å². The first-order valence-electron chi connectivity index (χ1n) is 9.64. The average Bonchev–Trinajstić information content (AvgIpc) is 3.17. The van der Waals surface area contributed by atoms with Crippen LogP contribution in [0.3, 0.4) is 0 Å². The van der Waals surface area contributed by atoms with Gasteiger partial charge in [-0.15, -0.1) is 0 Å². The monoisotopic (exact) mass is 416 g/mol. The Morgan fingerprint density at radius 1 is 1.10 bits per heavy atom. The number of ether oxygens (including phenoxy) is 2. The summed E-state index contributed by atoms with van der Waals surface area (Å²) in [7, 11) is -3.49. The predicted octanol–water partition coefficient (Wildman–Crippen LogP) is 2.55. The number of rotatable bonds is 6. The number of nitrogens with zero attached hydrogens (tertiary/aromatic N) is 2. The molecule has 8 heteroatoms. The third-order valence-electron chi connectivity index (χ3n) is 5.28. The number of anilines is 1. The third-order valence-corrected chi connectivity index (χ3v) is 6.47. The van der Waals surface area contributed by atoms with E-state index in [4.69, 9.17) is 9.47 Å². The van der Waals surface area contributed by atoms with Crippen molar-refractivity contribution < 1.29 is 22.7 Å². The lowest BCUT2D eigenvalue weighted by molar-refractivity contribution is -0.132. The fraction of sp³-hybridized carbons (Fsp3) is 0.381. The molecule has 0 saturated carbocycles. The van der Waals surface area contributed by atoms with Gasteiger partial charge in [-0.2, -0.15) is 0 Å². The molecule has 0 unspecified atom stereocenters. The van der Waals surface area contributed by atoms with Gasteiger partial charge in [0.2, 0.25) is 22.7 Å². The number of amides is 1. The van der Waals surface area contributed by atoms with Gasteiger partial charge in [-0.1, -0.05) is 24.3 Å². The zero-order valence-corrected chi connectivity index (χ0v) is 17.2. The number of sulfonamides is 1. The summed E-state index contributed by atoms with van der Waals surface area (Å²) in [5.41, 5.74) is 2.99. The van der Waals surface area contributed by atoms with Crippen LogP contribution in [0.4, 0.5) is 5.69 Å². The molecule has 154 valence electrons. The summed E-state index contributed by atoms with van der Waals surface area (Å²) in [4.78, 5) is 14.5. The molecule has 1 amide bonds. The molecule has 0 aromatic heterocycles. The van der Waals surface area contributed by atoms with Crippen molar-refractivity contribution in [2.24, 2.45) is 0 Å². The molecule has 0 bridgehead atoms. The van der Waals surface area contributed by atoms with Crippen LogP contribution in [-0.2, 0) is 27.8 Å². The van der Waals surface area contributed by atoms with E-state index in [0.717, 1.165) is 6.42 Å². The zero-order chi connectivity index (χ0) is 20.4. The van der Waals surface area contributed by atoms with Crippen LogP contribution in [0.15, 0.2) is 42.5 Å². The highest BCUT2D eigenvalue weighted by Crippen LogP contribution is 2.36. The molecule has 0 spiro atoms. The fourth-order valence-electron chi connectivity index (χ4n) is 3.77. The van der Waals surface area contributed by atoms with Gasteiger partial charge in [-0.3, -0.25) is 9.10 Å². The Hall–Kier alpha value is -2.74. The smallest absolute Gasteiger partial charge is 0.232 e. The zero-order valence-electron chi connectivity index (χ0n) is 16.3. The minimum Gasteiger partial charge on any atom is -0.454 e. The number of carbonyl (C=O) groups is 1. The lowest BCUT2D eigenvalue weighted by Gasteiger charge is -2.29. The molecule has 0 N–H and O–H groups in total. The largest absolute Gasteiger partial charge is 0.454 e. The Kier molecular flexibility index (Phi) is 5.36. The Morgan fingerprint density at radius 2 is 1.86 bits per heavy atom. The fourth-order valence-corrected chi connectivity index (χ4v) is 4.72. The van der Waals surface area contributed by atoms with Crippen molar-refractivity contribution in [1.29, 1.82) is 0 Å². The second-order valence-corrected chi connectivity index (χ2v) is 9.22. The molecule has 0 saturated heterocycles. The Morgan fingerprint density at radius 3 is 2.66 bits per heavy atom. The van der Waals surface area contributed by atoms with Crippen molar-refractivity contribution >= 4 is 21.6 Å². The lowest BCUT2D eigenvalue weighted by atomic mass is 9.99. The number of hydrogen-bond donors (Lipinski definition) is 0. The topological polar surface area (TPSA) is 76.2 Å². The molecule has 2 aromatic carbocycles. The van der Waals surface area contributed by atoms with Crippen LogP contribution in [0.5, 0.6) is 11.5 Å². The van der Waals surface area contributed by atoms with Crippen molar-refractivity contribution in [3.63, 3.8) is 0 Å². The van der Waals surface area contributed by atoms with Crippen molar-refractivity contribution in [2.45, 2.75) is 25.8 Å². The van der Waals surface area contributed by atoms with E-state index in [2.05, 4.69) is 12.1 Å². The molecule has 29 heavy (non-hydrogen) atoms. The van der Waals surface area contributed by atoms with E-state index >= 15 is 0 Å². The van der Waals surface area contributed by atoms with Crippen LogP contribution < -0.4 is 13.8 Å². The van der Waals surface area contributed by atoms with Gasteiger partial charge in [-0.05, 0) is 36.1 Å². The van der Waals surface area contributed by atoms with Gasteiger partial charge in [0, 0.05) is 32.1 Å². The molecular formula is C21H24N2O5S. The number of carbonyl (C=O) groups excluding carboxylic acids is 1. The molecule has 2 aliphatic heterocycles. The summed E-state index contributed by atoms with van der Waals surface area (Å²) in [6, 6.07) is 13.2. The first-order chi connectivity index (χ1) is 13.9. The minimum absolute atomic E-state index is 0.0543. The molecule has 2 heterocycles. The molecule has 0 aliphatic carbocycles. The SMILES string of the molecule is CS(=O)(=O)N(CCCC(=O)N1CCc2ccccc2C1)c1ccc2c(c1)OCO2. The minimum atomic E-state index is -3.49. The van der Waals surface area contributed by atoms with Crippen molar-refractivity contribution in [1.82, 2.24) is 4.90 Å². The highest BCUT2D eigenvalue weighted by molar-refractivity contribution is 7.92. The van der Waals surface area contributed by atoms with Crippen LogP contribution in [0, 0.1) is 0 Å². The first-order valence-corrected chi connectivity index (χ1v) is 11.5. The van der Waals surface area contributed by atoms with Crippen LogP contribution in [-0.4, -0.2) is 45.4 Å². The van der Waals surface area contributed by atoms with E-state index in [-0.39, 0.29) is 19.2 Å². The maximum atomic E-state index is 12.7. The highest BCUT2D eigenvalue weighted by atomic mass is 32.2. The summed E-state index contributed by atoms with van der Waals surface area (Å²) in [6.07, 6.45) is 2.77. The Balaban J connectivity index is 1.38. The average molecular weight is 416 g/mol. The molecule has 7 nitrogen and oxygen atoms in total. The number of benzene rings is 2. The predicted molar refractivity (Wildman–Crippen MR) is 110 cm³/mol. The summed E-state index contributed by atoms with van der Waals surface area (Å²) in [6.45, 7) is 1.68. The molecule has 4 rings (SSSR count). The molecule has 2 aliphatic rings. The van der Waals surface area contributed by atoms with Gasteiger partial charge < -0.3 is 14.4 Å². The first kappa shape index (κ1) is 19.6. The van der Waals surface area contributed by atoms with Crippen LogP contribution in [0.2, 0.25) is 0 Å². The van der Waals surface area contributed by atoms with E-state index < -0.39 is 10.0 Å². The van der Waals surface area contributed by atoms with Crippen LogP contribution in [0.25, 0.3) is 0 Å². The summed E-state index contributed by atoms with van der Waals surface area (Å²) in [5.74, 6) is 1.18. The van der Waals surface area contributed by atoms with E-state index in [1.54, 1.807) is 18.2 Å². The van der Waals surface area contributed by atoms with E-state index in [0.29, 0.717) is 43.1 Å². The van der Waals surface area contributed by atoms with Gasteiger partial charge in [0.25, 0.3) is 0 Å². The summed E-state index contributed by atoms with van der Waals surface area (Å²) < 4.78 is 36.6. The second kappa shape index (κ2) is 7.94. The molecule has 0 fully saturated rings. The maximum Gasteiger partial charge on any atom is 0.232 e. The molecule has 2 aromatic rings. The van der Waals surface area contributed by atoms with Crippen molar-refractivity contribution in [3.8, 4) is 11.5 Å². The molecular weight excluding hydrogens is 392 g/mol. The lowest BCUT2D eigenvalue weighted by Crippen LogP contribution is -2.37. The van der Waals surface area contributed by atoms with Crippen LogP contribution in [0.1, 0.15) is 24.0 Å². The van der Waals surface area contributed by atoms with Gasteiger partial charge in [0.15, 0.2) is 11.5 Å². The van der Waals surface area contributed by atoms with Gasteiger partial charge in [-0.25, -0.2) is 8.42 Å². The Labute approximate surface area is 170 Å². The van der Waals surface area contributed by atoms with E-state index in [1.165, 1.54) is 21.7 Å². The van der Waals surface area contributed by atoms with Crippen molar-refractivity contribution in [2.75, 3.05) is 30.4 Å². The van der Waals surface area contributed by atoms with E-state index in [1.807, 2.05) is 17.0 Å². The summed E-state index contributed by atoms with van der Waals surface area (Å²) in [5, 5.41) is 0. The quantitative estimate of drug-likeness (QED) is 0.723. The van der Waals surface area contributed by atoms with Gasteiger partial charge in [0.1, 0.15) is 0 Å². The maximum absolute atomic E-state index is 12.7. The molecule has 0 radical (unpaired) electrons. The van der Waals surface area contributed by atoms with Crippen LogP contribution >= 0.6 is 0 Å². The number of fused-ring (bicyclic) bond motifs is 2. The van der Waals surface area contributed by atoms with Crippen molar-refractivity contribution in [3.05, 3.63) is 53.6 Å².